The monoisotopic (exact) mass is 499 g/mol. The van der Waals surface area contributed by atoms with Gasteiger partial charge in [0.15, 0.2) is 0 Å². The van der Waals surface area contributed by atoms with Crippen LogP contribution < -0.4 is 10.4 Å². The fourth-order valence-corrected chi connectivity index (χ4v) is 11.1. The molecule has 0 aliphatic heterocycles. The van der Waals surface area contributed by atoms with Crippen molar-refractivity contribution in [2.45, 2.75) is 78.4 Å². The quantitative estimate of drug-likeness (QED) is 0.248. The van der Waals surface area contributed by atoms with Crippen molar-refractivity contribution in [2.75, 3.05) is 0 Å². The first kappa shape index (κ1) is 28.2. The van der Waals surface area contributed by atoms with Crippen LogP contribution >= 0.6 is 0 Å². The minimum atomic E-state index is -2.67. The van der Waals surface area contributed by atoms with Crippen LogP contribution in [0.5, 0.6) is 0 Å². The molecule has 2 aromatic rings. The third-order valence-corrected chi connectivity index (χ3v) is 13.3. The molecular weight excluding hydrogens is 454 g/mol. The Hall–Kier alpha value is -2.41. The van der Waals surface area contributed by atoms with Crippen LogP contribution in [0.25, 0.3) is 0 Å². The van der Waals surface area contributed by atoms with E-state index in [2.05, 4.69) is 121 Å². The van der Waals surface area contributed by atoms with Crippen molar-refractivity contribution in [3.63, 3.8) is 0 Å². The molecule has 1 aliphatic carbocycles. The molecule has 0 spiro atoms. The van der Waals surface area contributed by atoms with Crippen LogP contribution in [-0.2, 0) is 4.43 Å². The van der Waals surface area contributed by atoms with E-state index in [1.54, 1.807) is 0 Å². The third-order valence-electron chi connectivity index (χ3n) is 8.25. The summed E-state index contributed by atoms with van der Waals surface area (Å²) in [5.74, 6) is 1.82. The second-order valence-corrected chi connectivity index (χ2v) is 16.1. The molecule has 0 aromatic heterocycles. The molecular formula is C33H45NOSi. The summed E-state index contributed by atoms with van der Waals surface area (Å²) in [5, 5.41) is 12.3. The lowest BCUT2D eigenvalue weighted by Crippen LogP contribution is -2.67. The maximum atomic E-state index is 9.74. The Bertz CT molecular complexity index is 1010. The largest absolute Gasteiger partial charge is 0.404 e. The lowest BCUT2D eigenvalue weighted by Gasteiger charge is -2.46. The molecule has 0 saturated heterocycles. The summed E-state index contributed by atoms with van der Waals surface area (Å²) in [6.07, 6.45) is 7.90. The Balaban J connectivity index is 2.09. The number of hydrogen-bond donors (Lipinski definition) is 0. The lowest BCUT2D eigenvalue weighted by molar-refractivity contribution is 0.114. The van der Waals surface area contributed by atoms with Gasteiger partial charge in [-0.2, -0.15) is 5.26 Å². The number of nitriles is 1. The van der Waals surface area contributed by atoms with E-state index in [1.165, 1.54) is 15.9 Å². The zero-order valence-electron chi connectivity index (χ0n) is 23.2. The average Bonchev–Trinajstić information content (AvgIpc) is 2.85. The van der Waals surface area contributed by atoms with E-state index in [9.17, 15) is 5.26 Å². The van der Waals surface area contributed by atoms with Gasteiger partial charge in [0.1, 0.15) is 0 Å². The van der Waals surface area contributed by atoms with Crippen molar-refractivity contribution >= 4 is 18.7 Å². The van der Waals surface area contributed by atoms with Gasteiger partial charge in [-0.25, -0.2) is 0 Å². The lowest BCUT2D eigenvalue weighted by atomic mass is 9.65. The van der Waals surface area contributed by atoms with Crippen molar-refractivity contribution in [3.8, 4) is 6.07 Å². The van der Waals surface area contributed by atoms with Gasteiger partial charge in [-0.3, -0.25) is 0 Å². The Morgan fingerprint density at radius 2 is 1.61 bits per heavy atom. The van der Waals surface area contributed by atoms with Gasteiger partial charge in [0.2, 0.25) is 0 Å². The molecule has 1 unspecified atom stereocenters. The normalized spacial score (nSPS) is 21.5. The number of hydrogen-bond acceptors (Lipinski definition) is 2. The van der Waals surface area contributed by atoms with E-state index in [0.29, 0.717) is 30.1 Å². The van der Waals surface area contributed by atoms with Crippen LogP contribution in [0.15, 0.2) is 85.0 Å². The molecule has 0 heterocycles. The van der Waals surface area contributed by atoms with Gasteiger partial charge >= 0.3 is 0 Å². The van der Waals surface area contributed by atoms with Crippen molar-refractivity contribution in [2.24, 2.45) is 23.7 Å². The van der Waals surface area contributed by atoms with E-state index in [4.69, 9.17) is 4.43 Å². The summed E-state index contributed by atoms with van der Waals surface area (Å²) in [6, 6.07) is 24.3. The minimum absolute atomic E-state index is 0.0364. The second kappa shape index (κ2) is 12.2. The van der Waals surface area contributed by atoms with Gasteiger partial charge < -0.3 is 4.43 Å². The van der Waals surface area contributed by atoms with E-state index in [-0.39, 0.29) is 11.1 Å². The van der Waals surface area contributed by atoms with Gasteiger partial charge in [0.05, 0.1) is 6.07 Å². The van der Waals surface area contributed by atoms with Crippen LogP contribution in [0.1, 0.15) is 67.2 Å². The van der Waals surface area contributed by atoms with Crippen LogP contribution in [0.2, 0.25) is 5.04 Å². The predicted octanol–water partition coefficient (Wildman–Crippen LogP) is 7.67. The molecule has 4 atom stereocenters. The summed E-state index contributed by atoms with van der Waals surface area (Å²) in [7, 11) is -2.67. The average molecular weight is 500 g/mol. The van der Waals surface area contributed by atoms with Crippen LogP contribution in [0, 0.1) is 35.0 Å². The highest BCUT2D eigenvalue weighted by Crippen LogP contribution is 2.45. The smallest absolute Gasteiger partial charge is 0.261 e. The van der Waals surface area contributed by atoms with Gasteiger partial charge in [-0.05, 0) is 65.3 Å². The van der Waals surface area contributed by atoms with Crippen molar-refractivity contribution in [1.29, 1.82) is 5.26 Å². The highest BCUT2D eigenvalue weighted by Gasteiger charge is 2.51. The van der Waals surface area contributed by atoms with E-state index in [1.807, 2.05) is 6.08 Å². The molecule has 1 aliphatic rings. The van der Waals surface area contributed by atoms with Crippen molar-refractivity contribution in [1.82, 2.24) is 0 Å². The molecule has 3 heteroatoms. The Kier molecular flexibility index (Phi) is 9.56. The van der Waals surface area contributed by atoms with Crippen LogP contribution in [0.4, 0.5) is 0 Å². The number of allylic oxidation sites excluding steroid dienone is 2. The van der Waals surface area contributed by atoms with E-state index < -0.39 is 8.32 Å². The second-order valence-electron chi connectivity index (χ2n) is 11.9. The highest BCUT2D eigenvalue weighted by molar-refractivity contribution is 6.99. The predicted molar refractivity (Wildman–Crippen MR) is 156 cm³/mol. The fraction of sp³-hybridized carbons (Fsp3) is 0.485. The first-order chi connectivity index (χ1) is 17.2. The van der Waals surface area contributed by atoms with Crippen molar-refractivity contribution < 1.29 is 4.43 Å². The molecule has 3 rings (SSSR count). The van der Waals surface area contributed by atoms with E-state index in [0.717, 1.165) is 19.3 Å². The van der Waals surface area contributed by atoms with Gasteiger partial charge in [-0.1, -0.05) is 113 Å². The maximum absolute atomic E-state index is 9.74. The number of rotatable bonds is 10. The van der Waals surface area contributed by atoms with Crippen LogP contribution in [-0.4, -0.2) is 14.4 Å². The third kappa shape index (κ3) is 5.93. The summed E-state index contributed by atoms with van der Waals surface area (Å²) in [4.78, 5) is 0. The molecule has 0 fully saturated rings. The molecule has 0 amide bonds. The Morgan fingerprint density at radius 3 is 2.06 bits per heavy atom. The SMILES string of the molecule is C=CCC(C[C@H]1C(C)=CC[C@H](C(C)C)[C@H]1CC#N)O[Si](c1ccccc1)(c1ccccc1)C(C)(C)C. The Labute approximate surface area is 221 Å². The van der Waals surface area contributed by atoms with Gasteiger partial charge in [-0.15, -0.1) is 6.58 Å². The molecule has 0 radical (unpaired) electrons. The summed E-state index contributed by atoms with van der Waals surface area (Å²) < 4.78 is 7.55. The fourth-order valence-electron chi connectivity index (χ4n) is 6.41. The topological polar surface area (TPSA) is 33.0 Å². The maximum Gasteiger partial charge on any atom is 0.261 e. The molecule has 2 nitrogen and oxygen atoms in total. The molecule has 0 N–H and O–H groups in total. The number of benzene rings is 2. The van der Waals surface area contributed by atoms with Crippen molar-refractivity contribution in [3.05, 3.63) is 85.0 Å². The molecule has 0 saturated carbocycles. The van der Waals surface area contributed by atoms with E-state index >= 15 is 0 Å². The summed E-state index contributed by atoms with van der Waals surface area (Å²) in [5.41, 5.74) is 1.42. The molecule has 0 bridgehead atoms. The zero-order chi connectivity index (χ0) is 26.3. The Morgan fingerprint density at radius 1 is 1.06 bits per heavy atom. The van der Waals surface area contributed by atoms with Gasteiger partial charge in [0.25, 0.3) is 8.32 Å². The highest BCUT2D eigenvalue weighted by atomic mass is 28.4. The minimum Gasteiger partial charge on any atom is -0.404 e. The first-order valence-corrected chi connectivity index (χ1v) is 15.5. The molecule has 36 heavy (non-hydrogen) atoms. The zero-order valence-corrected chi connectivity index (χ0v) is 24.2. The molecule has 192 valence electrons. The summed E-state index contributed by atoms with van der Waals surface area (Å²) in [6.45, 7) is 18.0. The van der Waals surface area contributed by atoms with Gasteiger partial charge in [0, 0.05) is 12.5 Å². The molecule has 2 aromatic carbocycles. The van der Waals surface area contributed by atoms with Crippen LogP contribution in [0.3, 0.4) is 0 Å². The summed E-state index contributed by atoms with van der Waals surface area (Å²) >= 11 is 0. The first-order valence-electron chi connectivity index (χ1n) is 13.6. The standard InChI is InChI=1S/C33H45NOSi/c1-8-15-27(24-32-26(4)20-21-30(25(2)3)31(32)22-23-34)35-36(33(5,6)7,28-16-11-9-12-17-28)29-18-13-10-14-19-29/h8-14,16-20,25,27,30-32H,1,15,21-22,24H2,2-7H3/t27?,30-,31-,32+/m1/s1. The number of nitrogens with zero attached hydrogens (tertiary/aromatic N) is 1.